The van der Waals surface area contributed by atoms with Crippen LogP contribution in [0.5, 0.6) is 5.75 Å². The molecule has 5 heteroatoms. The standard InChI is InChI=1S/C23H26FNO2.BrH/c24-19-8-6-17(7-9-19)22(27)5-2-13-25-14-12-23(11-10-20(25)16-23)18-3-1-4-21(26)15-18;/h1,3-4,6-9,15,20,26H,2,5,10-14,16H2;1H. The van der Waals surface area contributed by atoms with Gasteiger partial charge in [0.05, 0.1) is 0 Å². The highest BCUT2D eigenvalue weighted by Gasteiger charge is 2.46. The number of phenols is 1. The van der Waals surface area contributed by atoms with Gasteiger partial charge in [-0.15, -0.1) is 17.0 Å². The first-order valence-electron chi connectivity index (χ1n) is 9.88. The van der Waals surface area contributed by atoms with E-state index in [2.05, 4.69) is 11.0 Å². The molecule has 2 aromatic rings. The highest BCUT2D eigenvalue weighted by atomic mass is 79.9. The molecular weight excluding hydrogens is 421 g/mol. The molecule has 0 aromatic heterocycles. The first kappa shape index (κ1) is 21.0. The summed E-state index contributed by atoms with van der Waals surface area (Å²) in [4.78, 5) is 14.8. The Hall–Kier alpha value is -1.72. The second-order valence-electron chi connectivity index (χ2n) is 8.05. The van der Waals surface area contributed by atoms with Crippen molar-refractivity contribution in [1.29, 1.82) is 0 Å². The van der Waals surface area contributed by atoms with E-state index in [0.717, 1.165) is 32.4 Å². The molecule has 1 heterocycles. The van der Waals surface area contributed by atoms with E-state index in [9.17, 15) is 14.3 Å². The van der Waals surface area contributed by atoms with Crippen LogP contribution in [0.15, 0.2) is 48.5 Å². The second-order valence-corrected chi connectivity index (χ2v) is 8.05. The number of ketones is 1. The molecule has 2 bridgehead atoms. The molecule has 1 saturated heterocycles. The van der Waals surface area contributed by atoms with E-state index >= 15 is 0 Å². The minimum Gasteiger partial charge on any atom is -0.508 e. The van der Waals surface area contributed by atoms with Crippen molar-refractivity contribution in [2.24, 2.45) is 0 Å². The van der Waals surface area contributed by atoms with Crippen molar-refractivity contribution in [1.82, 2.24) is 4.90 Å². The number of Topliss-reactive ketones (excluding diaryl/α,β-unsaturated/α-hetero) is 1. The van der Waals surface area contributed by atoms with Crippen LogP contribution in [0.25, 0.3) is 0 Å². The number of likely N-dealkylation sites (tertiary alicyclic amines) is 1. The van der Waals surface area contributed by atoms with Crippen LogP contribution in [0.2, 0.25) is 0 Å². The van der Waals surface area contributed by atoms with Crippen molar-refractivity contribution in [3.8, 4) is 5.75 Å². The maximum absolute atomic E-state index is 13.0. The third-order valence-electron chi connectivity index (χ3n) is 6.45. The predicted molar refractivity (Wildman–Crippen MR) is 114 cm³/mol. The zero-order valence-corrected chi connectivity index (χ0v) is 17.7. The van der Waals surface area contributed by atoms with Crippen LogP contribution >= 0.6 is 17.0 Å². The average Bonchev–Trinajstić information content (AvgIpc) is 3.03. The molecule has 1 N–H and O–H groups in total. The first-order valence-corrected chi connectivity index (χ1v) is 9.88. The minimum absolute atomic E-state index is 0. The molecule has 2 atom stereocenters. The molecule has 2 unspecified atom stereocenters. The molecule has 0 amide bonds. The normalized spacial score (nSPS) is 24.0. The van der Waals surface area contributed by atoms with Crippen molar-refractivity contribution in [2.75, 3.05) is 13.1 Å². The topological polar surface area (TPSA) is 40.5 Å². The molecular formula is C23H27BrFNO2. The number of hydrogen-bond acceptors (Lipinski definition) is 3. The van der Waals surface area contributed by atoms with Crippen molar-refractivity contribution < 1.29 is 14.3 Å². The van der Waals surface area contributed by atoms with E-state index in [-0.39, 0.29) is 34.0 Å². The summed E-state index contributed by atoms with van der Waals surface area (Å²) >= 11 is 0. The number of phenolic OH excluding ortho intramolecular Hbond substituents is 1. The van der Waals surface area contributed by atoms with Gasteiger partial charge < -0.3 is 10.0 Å². The van der Waals surface area contributed by atoms with Crippen LogP contribution < -0.4 is 0 Å². The van der Waals surface area contributed by atoms with Crippen molar-refractivity contribution in [3.63, 3.8) is 0 Å². The van der Waals surface area contributed by atoms with Gasteiger partial charge in [0.15, 0.2) is 5.78 Å². The van der Waals surface area contributed by atoms with Crippen LogP contribution in [-0.4, -0.2) is 34.9 Å². The second kappa shape index (κ2) is 8.75. The number of aromatic hydroxyl groups is 1. The Balaban J connectivity index is 0.00000225. The van der Waals surface area contributed by atoms with Gasteiger partial charge in [0.1, 0.15) is 11.6 Å². The van der Waals surface area contributed by atoms with Crippen LogP contribution in [0.3, 0.4) is 0 Å². The van der Waals surface area contributed by atoms with E-state index in [0.29, 0.717) is 23.8 Å². The van der Waals surface area contributed by atoms with Crippen molar-refractivity contribution in [2.45, 2.75) is 50.0 Å². The van der Waals surface area contributed by atoms with Crippen LogP contribution in [0.4, 0.5) is 4.39 Å². The van der Waals surface area contributed by atoms with Crippen molar-refractivity contribution >= 4 is 22.8 Å². The molecule has 2 aliphatic rings. The molecule has 4 rings (SSSR count). The molecule has 150 valence electrons. The third-order valence-corrected chi connectivity index (χ3v) is 6.45. The monoisotopic (exact) mass is 447 g/mol. The molecule has 1 saturated carbocycles. The van der Waals surface area contributed by atoms with Gasteiger partial charge in [0.25, 0.3) is 0 Å². The number of rotatable bonds is 6. The van der Waals surface area contributed by atoms with Gasteiger partial charge in [-0.2, -0.15) is 0 Å². The van der Waals surface area contributed by atoms with E-state index in [1.54, 1.807) is 18.2 Å². The lowest BCUT2D eigenvalue weighted by atomic mass is 9.74. The van der Waals surface area contributed by atoms with Gasteiger partial charge in [0, 0.05) is 18.0 Å². The maximum Gasteiger partial charge on any atom is 0.162 e. The van der Waals surface area contributed by atoms with Crippen LogP contribution in [0, 0.1) is 5.82 Å². The Bertz CT molecular complexity index is 826. The van der Waals surface area contributed by atoms with Gasteiger partial charge >= 0.3 is 0 Å². The lowest BCUT2D eigenvalue weighted by molar-refractivity contribution is 0.0959. The fourth-order valence-electron chi connectivity index (χ4n) is 4.94. The largest absolute Gasteiger partial charge is 0.508 e. The Morgan fingerprint density at radius 2 is 1.96 bits per heavy atom. The number of halogens is 2. The summed E-state index contributed by atoms with van der Waals surface area (Å²) in [6.45, 7) is 1.98. The lowest BCUT2D eigenvalue weighted by Crippen LogP contribution is -2.43. The summed E-state index contributed by atoms with van der Waals surface area (Å²) in [5.41, 5.74) is 2.08. The van der Waals surface area contributed by atoms with E-state index in [1.165, 1.54) is 30.5 Å². The molecule has 28 heavy (non-hydrogen) atoms. The number of benzene rings is 2. The van der Waals surface area contributed by atoms with Gasteiger partial charge in [-0.1, -0.05) is 12.1 Å². The smallest absolute Gasteiger partial charge is 0.162 e. The molecule has 0 radical (unpaired) electrons. The van der Waals surface area contributed by atoms with E-state index < -0.39 is 0 Å². The van der Waals surface area contributed by atoms with E-state index in [4.69, 9.17) is 0 Å². The number of carbonyl (C=O) groups excluding carboxylic acids is 1. The Morgan fingerprint density at radius 1 is 1.18 bits per heavy atom. The summed E-state index contributed by atoms with van der Waals surface area (Å²) in [6, 6.07) is 14.2. The van der Waals surface area contributed by atoms with Gasteiger partial charge in [-0.25, -0.2) is 4.39 Å². The summed E-state index contributed by atoms with van der Waals surface area (Å²) < 4.78 is 13.0. The molecule has 2 aromatic carbocycles. The quantitative estimate of drug-likeness (QED) is 0.613. The zero-order chi connectivity index (χ0) is 18.9. The summed E-state index contributed by atoms with van der Waals surface area (Å²) in [5, 5.41) is 9.83. The van der Waals surface area contributed by atoms with E-state index in [1.807, 2.05) is 12.1 Å². The number of fused-ring (bicyclic) bond motifs is 2. The fraction of sp³-hybridized carbons (Fsp3) is 0.435. The SMILES string of the molecule is Br.O=C(CCCN1CCC2(c3cccc(O)c3)CCC1C2)c1ccc(F)cc1. The van der Waals surface area contributed by atoms with Gasteiger partial charge in [-0.3, -0.25) is 4.79 Å². The highest BCUT2D eigenvalue weighted by molar-refractivity contribution is 8.93. The average molecular weight is 448 g/mol. The number of piperidine rings is 1. The Kier molecular flexibility index (Phi) is 6.56. The maximum atomic E-state index is 13.0. The minimum atomic E-state index is -0.309. The van der Waals surface area contributed by atoms with Gasteiger partial charge in [-0.05, 0) is 92.6 Å². The van der Waals surface area contributed by atoms with Crippen LogP contribution in [-0.2, 0) is 5.41 Å². The van der Waals surface area contributed by atoms with Crippen LogP contribution in [0.1, 0.15) is 54.4 Å². The predicted octanol–water partition coefficient (Wildman–Crippen LogP) is 5.27. The number of carbonyl (C=O) groups is 1. The Labute approximate surface area is 176 Å². The van der Waals surface area contributed by atoms with Crippen molar-refractivity contribution in [3.05, 3.63) is 65.5 Å². The summed E-state index contributed by atoms with van der Waals surface area (Å²) in [5.74, 6) is 0.135. The lowest BCUT2D eigenvalue weighted by Gasteiger charge is -2.40. The summed E-state index contributed by atoms with van der Waals surface area (Å²) in [7, 11) is 0. The third kappa shape index (κ3) is 4.31. The summed E-state index contributed by atoms with van der Waals surface area (Å²) in [6.07, 6.45) is 5.95. The number of nitrogens with zero attached hydrogens (tertiary/aromatic N) is 1. The molecule has 1 aliphatic heterocycles. The molecule has 3 nitrogen and oxygen atoms in total. The highest BCUT2D eigenvalue weighted by Crippen LogP contribution is 2.49. The fourth-order valence-corrected chi connectivity index (χ4v) is 4.94. The molecule has 2 fully saturated rings. The van der Waals surface area contributed by atoms with Gasteiger partial charge in [0.2, 0.25) is 0 Å². The first-order chi connectivity index (χ1) is 13.1. The molecule has 0 spiro atoms. The zero-order valence-electron chi connectivity index (χ0n) is 15.9. The number of hydrogen-bond donors (Lipinski definition) is 1. The molecule has 1 aliphatic carbocycles. The Morgan fingerprint density at radius 3 is 2.71 bits per heavy atom.